The number of likely N-dealkylation sites (tertiary alicyclic amines) is 1. The number of hydrogen-bond donors (Lipinski definition) is 3. The van der Waals surface area contributed by atoms with Gasteiger partial charge in [0.15, 0.2) is 5.13 Å². The summed E-state index contributed by atoms with van der Waals surface area (Å²) in [6, 6.07) is 7.11. The highest BCUT2D eigenvalue weighted by Crippen LogP contribution is 2.17. The van der Waals surface area contributed by atoms with Crippen LogP contribution in [0.15, 0.2) is 30.5 Å². The summed E-state index contributed by atoms with van der Waals surface area (Å²) in [5.41, 5.74) is 7.79. The van der Waals surface area contributed by atoms with Gasteiger partial charge in [-0.05, 0) is 44.5 Å². The second kappa shape index (κ2) is 9.16. The Kier molecular flexibility index (Phi) is 6.64. The second-order valence-corrected chi connectivity index (χ2v) is 8.36. The maximum atomic E-state index is 12.9. The molecule has 2 atom stereocenters. The summed E-state index contributed by atoms with van der Waals surface area (Å²) in [5.74, 6) is -0.292. The number of nitrogen functional groups attached to an aromatic ring is 1. The molecule has 0 bridgehead atoms. The van der Waals surface area contributed by atoms with Crippen LogP contribution in [-0.4, -0.2) is 47.4 Å². The first-order chi connectivity index (χ1) is 13.4. The molecule has 2 heterocycles. The Morgan fingerprint density at radius 3 is 2.82 bits per heavy atom. The van der Waals surface area contributed by atoms with Gasteiger partial charge in [0, 0.05) is 17.5 Å². The smallest absolute Gasteiger partial charge is 0.243 e. The van der Waals surface area contributed by atoms with Crippen molar-refractivity contribution in [2.45, 2.75) is 44.8 Å². The molecule has 2 amide bonds. The molecule has 4 N–H and O–H groups in total. The SMILES string of the molecule is Cc1ccccc1C[C@H](NC(=O)C1CCCN1C)C(=O)NCc1cnc(N)s1. The maximum Gasteiger partial charge on any atom is 0.243 e. The van der Waals surface area contributed by atoms with Crippen molar-refractivity contribution in [2.24, 2.45) is 0 Å². The van der Waals surface area contributed by atoms with Gasteiger partial charge in [-0.15, -0.1) is 11.3 Å². The van der Waals surface area contributed by atoms with Crippen LogP contribution < -0.4 is 16.4 Å². The standard InChI is InChI=1S/C20H27N5O2S/c1-13-6-3-4-7-14(13)10-16(24-19(27)17-8-5-9-25(17)2)18(26)22-11-15-12-23-20(21)28-15/h3-4,6-7,12,16-17H,5,8-11H2,1-2H3,(H2,21,23)(H,22,26)(H,24,27)/t16-,17?/m0/s1. The van der Waals surface area contributed by atoms with Gasteiger partial charge < -0.3 is 16.4 Å². The third-order valence-corrected chi connectivity index (χ3v) is 5.98. The Labute approximate surface area is 169 Å². The van der Waals surface area contributed by atoms with Crippen molar-refractivity contribution >= 4 is 28.3 Å². The average Bonchev–Trinajstić information content (AvgIpc) is 3.28. The molecule has 3 rings (SSSR count). The molecule has 1 aliphatic rings. The van der Waals surface area contributed by atoms with Gasteiger partial charge in [0.25, 0.3) is 0 Å². The van der Waals surface area contributed by atoms with E-state index in [1.54, 1.807) is 6.20 Å². The number of rotatable bonds is 7. The predicted molar refractivity (Wildman–Crippen MR) is 111 cm³/mol. The highest BCUT2D eigenvalue weighted by atomic mass is 32.1. The summed E-state index contributed by atoms with van der Waals surface area (Å²) in [6.45, 7) is 3.26. The molecule has 7 nitrogen and oxygen atoms in total. The lowest BCUT2D eigenvalue weighted by Gasteiger charge is -2.24. The minimum absolute atomic E-state index is 0.0873. The number of nitrogens with one attached hydrogen (secondary N) is 2. The van der Waals surface area contributed by atoms with Gasteiger partial charge in [0.1, 0.15) is 6.04 Å². The minimum Gasteiger partial charge on any atom is -0.375 e. The zero-order chi connectivity index (χ0) is 20.1. The number of nitrogens with two attached hydrogens (primary N) is 1. The van der Waals surface area contributed by atoms with Gasteiger partial charge in [-0.1, -0.05) is 24.3 Å². The molecule has 2 aromatic rings. The van der Waals surface area contributed by atoms with Gasteiger partial charge >= 0.3 is 0 Å². The molecular weight excluding hydrogens is 374 g/mol. The fourth-order valence-corrected chi connectivity index (χ4v) is 4.10. The van der Waals surface area contributed by atoms with Crippen molar-refractivity contribution in [3.8, 4) is 0 Å². The van der Waals surface area contributed by atoms with Crippen LogP contribution in [0.3, 0.4) is 0 Å². The van der Waals surface area contributed by atoms with Gasteiger partial charge in [-0.25, -0.2) is 4.98 Å². The van der Waals surface area contributed by atoms with Gasteiger partial charge in [0.05, 0.1) is 12.6 Å². The third kappa shape index (κ3) is 5.08. The van der Waals surface area contributed by atoms with Crippen LogP contribution in [0.2, 0.25) is 0 Å². The predicted octanol–water partition coefficient (Wildman–Crippen LogP) is 1.47. The number of thiazole rings is 1. The van der Waals surface area contributed by atoms with Crippen molar-refractivity contribution in [1.82, 2.24) is 20.5 Å². The number of benzene rings is 1. The van der Waals surface area contributed by atoms with Crippen LogP contribution in [0.25, 0.3) is 0 Å². The van der Waals surface area contributed by atoms with Gasteiger partial charge in [-0.3, -0.25) is 14.5 Å². The molecule has 0 radical (unpaired) electrons. The highest BCUT2D eigenvalue weighted by molar-refractivity contribution is 7.15. The molecule has 0 aliphatic carbocycles. The van der Waals surface area contributed by atoms with Gasteiger partial charge in [0.2, 0.25) is 11.8 Å². The fourth-order valence-electron chi connectivity index (χ4n) is 3.48. The van der Waals surface area contributed by atoms with Crippen molar-refractivity contribution in [3.63, 3.8) is 0 Å². The zero-order valence-corrected chi connectivity index (χ0v) is 17.1. The van der Waals surface area contributed by atoms with Crippen LogP contribution >= 0.6 is 11.3 Å². The lowest BCUT2D eigenvalue weighted by molar-refractivity contribution is -0.131. The number of aromatic nitrogens is 1. The summed E-state index contributed by atoms with van der Waals surface area (Å²) in [4.78, 5) is 32.6. The summed E-state index contributed by atoms with van der Waals surface area (Å²) < 4.78 is 0. The maximum absolute atomic E-state index is 12.9. The van der Waals surface area contributed by atoms with Crippen LogP contribution in [0.4, 0.5) is 5.13 Å². The molecule has 1 aromatic carbocycles. The van der Waals surface area contributed by atoms with Crippen molar-refractivity contribution in [2.75, 3.05) is 19.3 Å². The molecule has 1 saturated heterocycles. The number of hydrogen-bond acceptors (Lipinski definition) is 6. The number of anilines is 1. The second-order valence-electron chi connectivity index (χ2n) is 7.21. The first kappa shape index (κ1) is 20.3. The topological polar surface area (TPSA) is 100 Å². The Hall–Kier alpha value is -2.45. The molecule has 0 saturated carbocycles. The van der Waals surface area contributed by atoms with E-state index in [9.17, 15) is 9.59 Å². The average molecular weight is 402 g/mol. The summed E-state index contributed by atoms with van der Waals surface area (Å²) in [5, 5.41) is 6.35. The Morgan fingerprint density at radius 1 is 1.39 bits per heavy atom. The van der Waals surface area contributed by atoms with E-state index in [0.717, 1.165) is 35.4 Å². The first-order valence-electron chi connectivity index (χ1n) is 9.47. The lowest BCUT2D eigenvalue weighted by atomic mass is 10.00. The molecular formula is C20H27N5O2S. The van der Waals surface area contributed by atoms with Crippen LogP contribution in [-0.2, 0) is 22.6 Å². The third-order valence-electron chi connectivity index (χ3n) is 5.15. The molecule has 1 aromatic heterocycles. The van der Waals surface area contributed by atoms with Crippen molar-refractivity contribution < 1.29 is 9.59 Å². The highest BCUT2D eigenvalue weighted by Gasteiger charge is 2.31. The zero-order valence-electron chi connectivity index (χ0n) is 16.3. The molecule has 0 spiro atoms. The Balaban J connectivity index is 1.70. The number of likely N-dealkylation sites (N-methyl/N-ethyl adjacent to an activating group) is 1. The number of amides is 2. The van der Waals surface area contributed by atoms with E-state index < -0.39 is 6.04 Å². The number of carbonyl (C=O) groups is 2. The van der Waals surface area contributed by atoms with E-state index in [-0.39, 0.29) is 17.9 Å². The quantitative estimate of drug-likeness (QED) is 0.652. The first-order valence-corrected chi connectivity index (χ1v) is 10.3. The van der Waals surface area contributed by atoms with Crippen LogP contribution in [0.5, 0.6) is 0 Å². The molecule has 1 fully saturated rings. The summed E-state index contributed by atoms with van der Waals surface area (Å²) >= 11 is 1.34. The van der Waals surface area contributed by atoms with Crippen LogP contribution in [0.1, 0.15) is 28.8 Å². The van der Waals surface area contributed by atoms with E-state index in [4.69, 9.17) is 5.73 Å². The van der Waals surface area contributed by atoms with E-state index >= 15 is 0 Å². The fraction of sp³-hybridized carbons (Fsp3) is 0.450. The van der Waals surface area contributed by atoms with E-state index in [2.05, 4.69) is 15.6 Å². The molecule has 28 heavy (non-hydrogen) atoms. The van der Waals surface area contributed by atoms with Crippen molar-refractivity contribution in [1.29, 1.82) is 0 Å². The molecule has 150 valence electrons. The Morgan fingerprint density at radius 2 is 2.18 bits per heavy atom. The lowest BCUT2D eigenvalue weighted by Crippen LogP contribution is -2.52. The normalized spacial score (nSPS) is 18.0. The van der Waals surface area contributed by atoms with Gasteiger partial charge in [-0.2, -0.15) is 0 Å². The number of aryl methyl sites for hydroxylation is 1. The summed E-state index contributed by atoms with van der Waals surface area (Å²) in [7, 11) is 1.95. The van der Waals surface area contributed by atoms with Crippen LogP contribution in [0, 0.1) is 6.92 Å². The van der Waals surface area contributed by atoms with E-state index in [1.165, 1.54) is 11.3 Å². The Bertz CT molecular complexity index is 838. The monoisotopic (exact) mass is 401 g/mol. The van der Waals surface area contributed by atoms with E-state index in [0.29, 0.717) is 18.1 Å². The largest absolute Gasteiger partial charge is 0.375 e. The number of carbonyl (C=O) groups excluding carboxylic acids is 2. The molecule has 8 heteroatoms. The molecule has 1 unspecified atom stereocenters. The molecule has 1 aliphatic heterocycles. The summed E-state index contributed by atoms with van der Waals surface area (Å²) in [6.07, 6.45) is 3.92. The van der Waals surface area contributed by atoms with E-state index in [1.807, 2.05) is 43.1 Å². The van der Waals surface area contributed by atoms with Crippen molar-refractivity contribution in [3.05, 3.63) is 46.5 Å². The number of nitrogens with zero attached hydrogens (tertiary/aromatic N) is 2. The minimum atomic E-state index is -0.632.